The Bertz CT molecular complexity index is 765. The number of nitrogens with one attached hydrogen (secondary N) is 2. The molecule has 0 radical (unpaired) electrons. The summed E-state index contributed by atoms with van der Waals surface area (Å²) in [5, 5.41) is 0. The van der Waals surface area contributed by atoms with Crippen molar-refractivity contribution in [2.24, 2.45) is 5.92 Å². The fourth-order valence-electron chi connectivity index (χ4n) is 3.76. The Kier molecular flexibility index (Phi) is 3.90. The molecule has 1 amide bonds. The summed E-state index contributed by atoms with van der Waals surface area (Å²) >= 11 is 3.43. The van der Waals surface area contributed by atoms with Crippen LogP contribution in [0, 0.1) is 11.7 Å². The van der Waals surface area contributed by atoms with E-state index in [1.54, 1.807) is 12.1 Å². The Morgan fingerprint density at radius 1 is 1.04 bits per heavy atom. The second-order valence-corrected chi connectivity index (χ2v) is 7.23. The smallest absolute Gasteiger partial charge is 0.246 e. The minimum Gasteiger partial charge on any atom is -0.303 e. The number of rotatable bonds is 2. The van der Waals surface area contributed by atoms with Gasteiger partial charge >= 0.3 is 0 Å². The van der Waals surface area contributed by atoms with Crippen molar-refractivity contribution in [3.05, 3.63) is 64.4 Å². The third kappa shape index (κ3) is 2.46. The van der Waals surface area contributed by atoms with Gasteiger partial charge in [-0.05, 0) is 48.9 Å². The summed E-state index contributed by atoms with van der Waals surface area (Å²) in [5.74, 6) is -0.161. The largest absolute Gasteiger partial charge is 0.303 e. The first-order valence-electron chi connectivity index (χ1n) is 7.91. The van der Waals surface area contributed by atoms with Crippen molar-refractivity contribution in [1.29, 1.82) is 0 Å². The Morgan fingerprint density at radius 3 is 2.38 bits per heavy atom. The molecule has 2 aromatic carbocycles. The summed E-state index contributed by atoms with van der Waals surface area (Å²) in [6.45, 7) is 2.06. The molecule has 2 fully saturated rings. The average Bonchev–Trinajstić information content (AvgIpc) is 3.09. The number of carbonyl (C=O) groups is 1. The minimum atomic E-state index is -0.279. The van der Waals surface area contributed by atoms with Crippen LogP contribution in [0.5, 0.6) is 0 Å². The lowest BCUT2D eigenvalue weighted by Crippen LogP contribution is -2.42. The molecule has 2 saturated heterocycles. The maximum absolute atomic E-state index is 13.3. The summed E-state index contributed by atoms with van der Waals surface area (Å²) in [6.07, 6.45) is 0. The van der Waals surface area contributed by atoms with E-state index >= 15 is 0 Å². The molecule has 2 aromatic rings. The number of benzene rings is 2. The summed E-state index contributed by atoms with van der Waals surface area (Å²) in [6, 6.07) is 13.9. The van der Waals surface area contributed by atoms with Gasteiger partial charge < -0.3 is 4.90 Å². The number of fused-ring (bicyclic) bond motifs is 1. The first-order valence-corrected chi connectivity index (χ1v) is 8.71. The monoisotopic (exact) mass is 389 g/mol. The molecule has 0 aromatic heterocycles. The first kappa shape index (κ1) is 15.7. The van der Waals surface area contributed by atoms with E-state index in [9.17, 15) is 9.18 Å². The van der Waals surface area contributed by atoms with Crippen molar-refractivity contribution in [2.45, 2.75) is 25.0 Å². The molecular formula is C18H17BrFN3O. The number of hydrogen-bond donors (Lipinski definition) is 2. The lowest BCUT2D eigenvalue weighted by atomic mass is 9.87. The number of amides is 1. The lowest BCUT2D eigenvalue weighted by Gasteiger charge is -2.30. The zero-order valence-electron chi connectivity index (χ0n) is 13.0. The van der Waals surface area contributed by atoms with Crippen LogP contribution in [0.3, 0.4) is 0 Å². The van der Waals surface area contributed by atoms with Gasteiger partial charge in [0.05, 0.1) is 6.04 Å². The molecular weight excluding hydrogens is 373 g/mol. The predicted octanol–water partition coefficient (Wildman–Crippen LogP) is 3.16. The number of carbonyl (C=O) groups excluding carboxylic acids is 1. The molecule has 24 heavy (non-hydrogen) atoms. The molecule has 2 N–H and O–H groups in total. The van der Waals surface area contributed by atoms with E-state index in [0.29, 0.717) is 0 Å². The maximum Gasteiger partial charge on any atom is 0.246 e. The summed E-state index contributed by atoms with van der Waals surface area (Å²) < 4.78 is 14.3. The van der Waals surface area contributed by atoms with Gasteiger partial charge in [0.1, 0.15) is 11.9 Å². The highest BCUT2D eigenvalue weighted by atomic mass is 79.9. The molecule has 0 aliphatic carbocycles. The highest BCUT2D eigenvalue weighted by Crippen LogP contribution is 2.44. The quantitative estimate of drug-likeness (QED) is 0.828. The van der Waals surface area contributed by atoms with Gasteiger partial charge in [-0.3, -0.25) is 10.2 Å². The standard InChI is InChI=1S/C18H17BrFN3O/c1-10-15-16(22-21-10)18(24)23(14-8-4-12(19)5-9-14)17(15)11-2-6-13(20)7-3-11/h2-10,15-17,21-22H,1H3. The zero-order valence-corrected chi connectivity index (χ0v) is 14.6. The molecule has 0 bridgehead atoms. The van der Waals surface area contributed by atoms with Crippen molar-refractivity contribution in [3.8, 4) is 0 Å². The van der Waals surface area contributed by atoms with Crippen LogP contribution < -0.4 is 15.8 Å². The van der Waals surface area contributed by atoms with Gasteiger partial charge in [0.2, 0.25) is 5.91 Å². The molecule has 4 unspecified atom stereocenters. The highest BCUT2D eigenvalue weighted by molar-refractivity contribution is 9.10. The van der Waals surface area contributed by atoms with Crippen molar-refractivity contribution in [3.63, 3.8) is 0 Å². The molecule has 4 nitrogen and oxygen atoms in total. The molecule has 4 rings (SSSR count). The van der Waals surface area contributed by atoms with Crippen LogP contribution >= 0.6 is 15.9 Å². The highest BCUT2D eigenvalue weighted by Gasteiger charge is 2.54. The first-order chi connectivity index (χ1) is 11.6. The van der Waals surface area contributed by atoms with Gasteiger partial charge in [0.25, 0.3) is 0 Å². The molecule has 4 atom stereocenters. The number of hydrazine groups is 1. The van der Waals surface area contributed by atoms with E-state index in [4.69, 9.17) is 0 Å². The van der Waals surface area contributed by atoms with Crippen molar-refractivity contribution in [2.75, 3.05) is 4.90 Å². The van der Waals surface area contributed by atoms with Crippen LogP contribution in [0.15, 0.2) is 53.0 Å². The van der Waals surface area contributed by atoms with Crippen LogP contribution in [0.25, 0.3) is 0 Å². The molecule has 0 spiro atoms. The van der Waals surface area contributed by atoms with Gasteiger partial charge in [-0.15, -0.1) is 0 Å². The van der Waals surface area contributed by atoms with Gasteiger partial charge in [0, 0.05) is 22.1 Å². The van der Waals surface area contributed by atoms with Gasteiger partial charge in [0.15, 0.2) is 0 Å². The number of nitrogens with zero attached hydrogens (tertiary/aromatic N) is 1. The second kappa shape index (κ2) is 5.95. The Balaban J connectivity index is 1.81. The molecule has 2 heterocycles. The fourth-order valence-corrected chi connectivity index (χ4v) is 4.03. The lowest BCUT2D eigenvalue weighted by molar-refractivity contribution is -0.119. The van der Waals surface area contributed by atoms with E-state index in [0.717, 1.165) is 15.7 Å². The predicted molar refractivity (Wildman–Crippen MR) is 93.8 cm³/mol. The van der Waals surface area contributed by atoms with Gasteiger partial charge in [-0.2, -0.15) is 0 Å². The van der Waals surface area contributed by atoms with E-state index in [2.05, 4.69) is 33.7 Å². The summed E-state index contributed by atoms with van der Waals surface area (Å²) in [7, 11) is 0. The fraction of sp³-hybridized carbons (Fsp3) is 0.278. The second-order valence-electron chi connectivity index (χ2n) is 6.31. The number of hydrogen-bond acceptors (Lipinski definition) is 3. The van der Waals surface area contributed by atoms with E-state index < -0.39 is 0 Å². The average molecular weight is 390 g/mol. The SMILES string of the molecule is CC1NNC2C(=O)N(c3ccc(Br)cc3)C(c3ccc(F)cc3)C12. The van der Waals surface area contributed by atoms with Crippen molar-refractivity contribution < 1.29 is 9.18 Å². The molecule has 6 heteroatoms. The van der Waals surface area contributed by atoms with Crippen LogP contribution in [0.1, 0.15) is 18.5 Å². The summed E-state index contributed by atoms with van der Waals surface area (Å²) in [5.41, 5.74) is 8.07. The van der Waals surface area contributed by atoms with Crippen LogP contribution in [0.2, 0.25) is 0 Å². The van der Waals surface area contributed by atoms with Crippen molar-refractivity contribution in [1.82, 2.24) is 10.9 Å². The van der Waals surface area contributed by atoms with Crippen LogP contribution in [-0.2, 0) is 4.79 Å². The van der Waals surface area contributed by atoms with Gasteiger partial charge in [-0.25, -0.2) is 9.82 Å². The molecule has 2 aliphatic rings. The van der Waals surface area contributed by atoms with E-state index in [1.165, 1.54) is 12.1 Å². The molecule has 0 saturated carbocycles. The van der Waals surface area contributed by atoms with Crippen LogP contribution in [-0.4, -0.2) is 18.0 Å². The molecule has 2 aliphatic heterocycles. The Morgan fingerprint density at radius 2 is 1.71 bits per heavy atom. The number of anilines is 1. The van der Waals surface area contributed by atoms with E-state index in [1.807, 2.05) is 29.2 Å². The summed E-state index contributed by atoms with van der Waals surface area (Å²) in [4.78, 5) is 14.8. The minimum absolute atomic E-state index is 0.0356. The zero-order chi connectivity index (χ0) is 16.8. The third-order valence-electron chi connectivity index (χ3n) is 4.89. The normalized spacial score (nSPS) is 29.1. The van der Waals surface area contributed by atoms with Crippen LogP contribution in [0.4, 0.5) is 10.1 Å². The number of halogens is 2. The third-order valence-corrected chi connectivity index (χ3v) is 5.42. The van der Waals surface area contributed by atoms with Gasteiger partial charge in [-0.1, -0.05) is 28.1 Å². The Hall–Kier alpha value is -1.76. The van der Waals surface area contributed by atoms with E-state index in [-0.39, 0.29) is 35.8 Å². The van der Waals surface area contributed by atoms with Crippen molar-refractivity contribution >= 4 is 27.5 Å². The topological polar surface area (TPSA) is 44.4 Å². The Labute approximate surface area is 148 Å². The molecule has 124 valence electrons. The maximum atomic E-state index is 13.3.